The van der Waals surface area contributed by atoms with Crippen LogP contribution in [-0.2, 0) is 0 Å². The Morgan fingerprint density at radius 2 is 1.89 bits per heavy atom. The Labute approximate surface area is 206 Å². The molecule has 0 aliphatic heterocycles. The second-order valence-electron chi connectivity index (χ2n) is 7.49. The highest BCUT2D eigenvalue weighted by Crippen LogP contribution is 2.30. The number of pyridine rings is 1. The summed E-state index contributed by atoms with van der Waals surface area (Å²) in [4.78, 5) is 38.1. The zero-order valence-electron chi connectivity index (χ0n) is 19.6. The number of thioether (sulfide) groups is 1. The molecule has 0 bridgehead atoms. The van der Waals surface area contributed by atoms with Gasteiger partial charge in [0.05, 0.1) is 17.5 Å². The first-order valence-corrected chi connectivity index (χ1v) is 11.9. The number of rotatable bonds is 7. The molecule has 0 atom stereocenters. The molecule has 4 aromatic rings. The molecule has 1 aromatic carbocycles. The molecule has 0 spiro atoms. The van der Waals surface area contributed by atoms with Gasteiger partial charge in [-0.2, -0.15) is 0 Å². The summed E-state index contributed by atoms with van der Waals surface area (Å²) in [7, 11) is 1.54. The molecular weight excluding hydrogens is 466 g/mol. The van der Waals surface area contributed by atoms with Gasteiger partial charge in [0.25, 0.3) is 11.8 Å². The average Bonchev–Trinajstić information content (AvgIpc) is 3.40. The third kappa shape index (κ3) is 5.33. The fourth-order valence-electron chi connectivity index (χ4n) is 3.31. The van der Waals surface area contributed by atoms with Gasteiger partial charge in [-0.15, -0.1) is 11.8 Å². The maximum atomic E-state index is 13.2. The smallest absolute Gasteiger partial charge is 0.269 e. The van der Waals surface area contributed by atoms with Crippen LogP contribution in [0, 0.1) is 13.8 Å². The Balaban J connectivity index is 1.58. The monoisotopic (exact) mass is 489 g/mol. The minimum absolute atomic E-state index is 0.241. The number of furan rings is 1. The number of benzene rings is 1. The van der Waals surface area contributed by atoms with E-state index in [0.29, 0.717) is 45.1 Å². The van der Waals surface area contributed by atoms with Gasteiger partial charge in [0.2, 0.25) is 0 Å². The lowest BCUT2D eigenvalue weighted by Crippen LogP contribution is -2.19. The number of carbonyl (C=O) groups is 2. The number of nitrogens with one attached hydrogen (secondary N) is 2. The van der Waals surface area contributed by atoms with Gasteiger partial charge >= 0.3 is 0 Å². The van der Waals surface area contributed by atoms with Gasteiger partial charge in [-0.3, -0.25) is 14.6 Å². The van der Waals surface area contributed by atoms with Crippen molar-refractivity contribution < 1.29 is 18.7 Å². The van der Waals surface area contributed by atoms with Crippen LogP contribution in [0.25, 0.3) is 11.6 Å². The van der Waals surface area contributed by atoms with Gasteiger partial charge < -0.3 is 19.8 Å². The molecule has 0 saturated heterocycles. The van der Waals surface area contributed by atoms with E-state index < -0.39 is 0 Å². The molecule has 3 heterocycles. The molecule has 2 N–H and O–H groups in total. The van der Waals surface area contributed by atoms with Crippen molar-refractivity contribution in [1.29, 1.82) is 0 Å². The number of aromatic nitrogens is 3. The Bertz CT molecular complexity index is 1390. The van der Waals surface area contributed by atoms with Gasteiger partial charge in [0.15, 0.2) is 11.6 Å². The van der Waals surface area contributed by atoms with E-state index >= 15 is 0 Å². The molecule has 0 aliphatic rings. The average molecular weight is 490 g/mol. The molecule has 0 fully saturated rings. The molecule has 178 valence electrons. The standard InChI is InChI=1S/C25H23N5O4S/c1-14-7-8-16(12-20(14)34-17-9-10-27-18(13-17)23(31)26-3)29-24(32)21-15(2)28-22(30-25(21)35-4)19-6-5-11-33-19/h5-13H,1-4H3,(H,26,31)(H,29,32). The zero-order chi connectivity index (χ0) is 24.9. The first-order valence-electron chi connectivity index (χ1n) is 10.6. The topological polar surface area (TPSA) is 119 Å². The number of aryl methyl sites for hydroxylation is 2. The second-order valence-corrected chi connectivity index (χ2v) is 8.28. The van der Waals surface area contributed by atoms with E-state index in [4.69, 9.17) is 9.15 Å². The largest absolute Gasteiger partial charge is 0.461 e. The van der Waals surface area contributed by atoms with Gasteiger partial charge in [-0.05, 0) is 49.9 Å². The van der Waals surface area contributed by atoms with Crippen LogP contribution in [0.1, 0.15) is 32.1 Å². The van der Waals surface area contributed by atoms with Crippen molar-refractivity contribution in [3.63, 3.8) is 0 Å². The Morgan fingerprint density at radius 3 is 2.60 bits per heavy atom. The molecule has 4 rings (SSSR count). The summed E-state index contributed by atoms with van der Waals surface area (Å²) in [6.07, 6.45) is 4.90. The van der Waals surface area contributed by atoms with Crippen molar-refractivity contribution >= 4 is 29.3 Å². The normalized spacial score (nSPS) is 10.6. The van der Waals surface area contributed by atoms with Crippen molar-refractivity contribution in [2.45, 2.75) is 18.9 Å². The molecule has 3 aromatic heterocycles. The highest BCUT2D eigenvalue weighted by Gasteiger charge is 2.20. The van der Waals surface area contributed by atoms with Crippen molar-refractivity contribution in [2.75, 3.05) is 18.6 Å². The molecule has 0 aliphatic carbocycles. The molecular formula is C25H23N5O4S. The third-order valence-corrected chi connectivity index (χ3v) is 5.77. The lowest BCUT2D eigenvalue weighted by molar-refractivity contribution is 0.0956. The number of anilines is 1. The summed E-state index contributed by atoms with van der Waals surface area (Å²) in [6, 6.07) is 12.1. The van der Waals surface area contributed by atoms with E-state index in [0.717, 1.165) is 5.56 Å². The van der Waals surface area contributed by atoms with Gasteiger partial charge in [0, 0.05) is 31.1 Å². The van der Waals surface area contributed by atoms with E-state index in [2.05, 4.69) is 25.6 Å². The summed E-state index contributed by atoms with van der Waals surface area (Å²) < 4.78 is 11.4. The van der Waals surface area contributed by atoms with Crippen LogP contribution in [0.5, 0.6) is 11.5 Å². The highest BCUT2D eigenvalue weighted by molar-refractivity contribution is 7.98. The number of hydrogen-bond donors (Lipinski definition) is 2. The number of carbonyl (C=O) groups excluding carboxylic acids is 2. The SMILES string of the molecule is CNC(=O)c1cc(Oc2cc(NC(=O)c3c(C)nc(-c4ccco4)nc3SC)ccc2C)ccn1. The third-order valence-electron chi connectivity index (χ3n) is 5.08. The Kier molecular flexibility index (Phi) is 7.11. The maximum absolute atomic E-state index is 13.2. The number of amides is 2. The highest BCUT2D eigenvalue weighted by atomic mass is 32.2. The van der Waals surface area contributed by atoms with Crippen LogP contribution in [0.15, 0.2) is 64.4 Å². The van der Waals surface area contributed by atoms with E-state index in [1.54, 1.807) is 49.6 Å². The molecule has 0 saturated carbocycles. The predicted molar refractivity (Wildman–Crippen MR) is 133 cm³/mol. The first-order chi connectivity index (χ1) is 16.9. The Morgan fingerprint density at radius 1 is 1.06 bits per heavy atom. The minimum atomic E-state index is -0.335. The lowest BCUT2D eigenvalue weighted by Gasteiger charge is -2.14. The summed E-state index contributed by atoms with van der Waals surface area (Å²) in [5.41, 5.74) is 2.56. The summed E-state index contributed by atoms with van der Waals surface area (Å²) in [5, 5.41) is 5.99. The van der Waals surface area contributed by atoms with Gasteiger partial charge in [-0.25, -0.2) is 9.97 Å². The van der Waals surface area contributed by atoms with Crippen LogP contribution in [0.2, 0.25) is 0 Å². The van der Waals surface area contributed by atoms with Crippen molar-refractivity contribution in [3.8, 4) is 23.1 Å². The molecule has 0 unspecified atom stereocenters. The van der Waals surface area contributed by atoms with Crippen LogP contribution < -0.4 is 15.4 Å². The summed E-state index contributed by atoms with van der Waals surface area (Å²) >= 11 is 1.36. The predicted octanol–water partition coefficient (Wildman–Crippen LogP) is 4.87. The second kappa shape index (κ2) is 10.4. The van der Waals surface area contributed by atoms with Crippen LogP contribution >= 0.6 is 11.8 Å². The van der Waals surface area contributed by atoms with Crippen molar-refractivity contribution in [2.24, 2.45) is 0 Å². The maximum Gasteiger partial charge on any atom is 0.269 e. The lowest BCUT2D eigenvalue weighted by atomic mass is 10.1. The van der Waals surface area contributed by atoms with Crippen molar-refractivity contribution in [3.05, 3.63) is 77.4 Å². The first kappa shape index (κ1) is 24.0. The summed E-state index contributed by atoms with van der Waals surface area (Å²) in [6.45, 7) is 3.65. The molecule has 35 heavy (non-hydrogen) atoms. The summed E-state index contributed by atoms with van der Waals surface area (Å²) in [5.74, 6) is 1.29. The quantitative estimate of drug-likeness (QED) is 0.279. The van der Waals surface area contributed by atoms with Crippen LogP contribution in [0.4, 0.5) is 5.69 Å². The fraction of sp³-hybridized carbons (Fsp3) is 0.160. The number of nitrogens with zero attached hydrogens (tertiary/aromatic N) is 3. The van der Waals surface area contributed by atoms with Crippen molar-refractivity contribution in [1.82, 2.24) is 20.3 Å². The number of ether oxygens (including phenoxy) is 1. The van der Waals surface area contributed by atoms with Crippen LogP contribution in [0.3, 0.4) is 0 Å². The molecule has 2 amide bonds. The minimum Gasteiger partial charge on any atom is -0.461 e. The van der Waals surface area contributed by atoms with Crippen LogP contribution in [-0.4, -0.2) is 40.1 Å². The zero-order valence-corrected chi connectivity index (χ0v) is 20.4. The fourth-order valence-corrected chi connectivity index (χ4v) is 3.93. The van der Waals surface area contributed by atoms with E-state index in [9.17, 15) is 9.59 Å². The Hall–Kier alpha value is -4.18. The molecule has 0 radical (unpaired) electrons. The van der Waals surface area contributed by atoms with E-state index in [1.807, 2.05) is 19.2 Å². The van der Waals surface area contributed by atoms with Gasteiger partial charge in [0.1, 0.15) is 22.2 Å². The van der Waals surface area contributed by atoms with Gasteiger partial charge in [-0.1, -0.05) is 6.07 Å². The van der Waals surface area contributed by atoms with E-state index in [1.165, 1.54) is 25.0 Å². The van der Waals surface area contributed by atoms with E-state index in [-0.39, 0.29) is 17.5 Å². The number of hydrogen-bond acceptors (Lipinski definition) is 8. The molecule has 9 nitrogen and oxygen atoms in total. The molecule has 10 heteroatoms.